The summed E-state index contributed by atoms with van der Waals surface area (Å²) in [5, 5.41) is 12.5. The maximum absolute atomic E-state index is 13.8. The number of esters is 1. The first-order chi connectivity index (χ1) is 23.2. The Kier molecular flexibility index (Phi) is 9.84. The highest BCUT2D eigenvalue weighted by Gasteiger charge is 2.39. The van der Waals surface area contributed by atoms with Gasteiger partial charge in [0, 0.05) is 31.7 Å². The summed E-state index contributed by atoms with van der Waals surface area (Å²) in [4.78, 5) is 17.1. The number of carbonyl (C=O) groups excluding carboxylic acids is 1. The molecule has 1 aliphatic carbocycles. The highest BCUT2D eigenvalue weighted by molar-refractivity contribution is 5.69. The Morgan fingerprint density at radius 1 is 0.980 bits per heavy atom. The van der Waals surface area contributed by atoms with E-state index in [1.165, 1.54) is 11.9 Å². The maximum Gasteiger partial charge on any atom is 0.416 e. The van der Waals surface area contributed by atoms with E-state index in [9.17, 15) is 31.1 Å². The molecule has 1 atom stereocenters. The average Bonchev–Trinajstić information content (AvgIpc) is 3.66. The molecule has 0 N–H and O–H groups in total. The molecule has 0 amide bonds. The minimum absolute atomic E-state index is 0.108. The minimum Gasteiger partial charge on any atom is -0.469 e. The minimum atomic E-state index is -4.98. The van der Waals surface area contributed by atoms with Crippen LogP contribution in [0.2, 0.25) is 0 Å². The number of aryl methyl sites for hydroxylation is 1. The molecule has 6 rings (SSSR count). The monoisotopic (exact) mass is 694 g/mol. The first kappa shape index (κ1) is 35.0. The first-order valence-electron chi connectivity index (χ1n) is 16.5. The molecule has 0 saturated heterocycles. The molecule has 15 heteroatoms. The summed E-state index contributed by atoms with van der Waals surface area (Å²) in [5.74, 6) is 0.611. The second-order valence-corrected chi connectivity index (χ2v) is 13.5. The Bertz CT molecular complexity index is 1630. The Morgan fingerprint density at radius 3 is 2.27 bits per heavy atom. The van der Waals surface area contributed by atoms with Crippen molar-refractivity contribution >= 4 is 17.6 Å². The van der Waals surface area contributed by atoms with Gasteiger partial charge in [-0.3, -0.25) is 4.79 Å². The summed E-state index contributed by atoms with van der Waals surface area (Å²) in [6.45, 7) is 4.13. The number of benzene rings is 2. The van der Waals surface area contributed by atoms with Crippen LogP contribution in [0.5, 0.6) is 0 Å². The van der Waals surface area contributed by atoms with Crippen LogP contribution in [0.15, 0.2) is 24.3 Å². The second kappa shape index (κ2) is 13.8. The summed E-state index contributed by atoms with van der Waals surface area (Å²) >= 11 is 0. The number of fused-ring (bicyclic) bond motifs is 2. The lowest BCUT2D eigenvalue weighted by molar-refractivity contribution is -0.143. The van der Waals surface area contributed by atoms with Crippen molar-refractivity contribution in [2.75, 3.05) is 30.0 Å². The van der Waals surface area contributed by atoms with E-state index in [-0.39, 0.29) is 30.1 Å². The standard InChI is InChI=1S/C34H40F6N6O3/c1-20-28-19-49-18-24(28)14-27-29(5-4-10-45(31(20)27)16-22-8-6-21(7-9-22)13-30(47)48-3)46(32-41-43-44(2)42-32)17-23-11-25(33(35,36)37)15-26(12-23)34(38,39)40/h11-12,14-15,21-22,29H,4-10,13,16-19H2,1-3H3/t21-,22-,29-/m0/s1. The molecule has 2 aromatic carbocycles. The van der Waals surface area contributed by atoms with Gasteiger partial charge in [0.05, 0.1) is 44.5 Å². The molecule has 3 aromatic rings. The fourth-order valence-corrected chi connectivity index (χ4v) is 7.72. The molecule has 1 saturated carbocycles. The Hall–Kier alpha value is -3.88. The van der Waals surface area contributed by atoms with E-state index in [1.54, 1.807) is 11.9 Å². The van der Waals surface area contributed by atoms with Crippen LogP contribution in [0.25, 0.3) is 0 Å². The van der Waals surface area contributed by atoms with E-state index in [0.29, 0.717) is 44.3 Å². The van der Waals surface area contributed by atoms with Gasteiger partial charge in [-0.05, 0) is 115 Å². The Labute approximate surface area is 280 Å². The van der Waals surface area contributed by atoms with Crippen molar-refractivity contribution in [3.63, 3.8) is 0 Å². The van der Waals surface area contributed by atoms with Crippen molar-refractivity contribution < 1.29 is 40.6 Å². The largest absolute Gasteiger partial charge is 0.469 e. The van der Waals surface area contributed by atoms with E-state index in [2.05, 4.69) is 33.3 Å². The molecule has 0 radical (unpaired) electrons. The normalized spacial score (nSPS) is 21.2. The topological polar surface area (TPSA) is 85.6 Å². The van der Waals surface area contributed by atoms with E-state index in [4.69, 9.17) is 9.47 Å². The van der Waals surface area contributed by atoms with Gasteiger partial charge < -0.3 is 19.3 Å². The molecule has 1 fully saturated rings. The van der Waals surface area contributed by atoms with E-state index >= 15 is 0 Å². The third-order valence-electron chi connectivity index (χ3n) is 10.1. The lowest BCUT2D eigenvalue weighted by Gasteiger charge is -2.36. The highest BCUT2D eigenvalue weighted by Crippen LogP contribution is 2.46. The molecule has 0 bridgehead atoms. The number of anilines is 2. The van der Waals surface area contributed by atoms with Crippen LogP contribution in [0.4, 0.5) is 38.0 Å². The van der Waals surface area contributed by atoms with Crippen LogP contribution < -0.4 is 9.80 Å². The molecule has 2 aliphatic heterocycles. The predicted molar refractivity (Wildman–Crippen MR) is 167 cm³/mol. The number of halogens is 6. The van der Waals surface area contributed by atoms with E-state index < -0.39 is 29.5 Å². The fraction of sp³-hybridized carbons (Fsp3) is 0.588. The van der Waals surface area contributed by atoms with Gasteiger partial charge in [0.1, 0.15) is 0 Å². The van der Waals surface area contributed by atoms with E-state index in [0.717, 1.165) is 78.8 Å². The fourth-order valence-electron chi connectivity index (χ4n) is 7.72. The highest BCUT2D eigenvalue weighted by atomic mass is 19.4. The average molecular weight is 695 g/mol. The third-order valence-corrected chi connectivity index (χ3v) is 10.1. The molecule has 1 aromatic heterocycles. The first-order valence-corrected chi connectivity index (χ1v) is 16.5. The molecule has 0 unspecified atom stereocenters. The van der Waals surface area contributed by atoms with Gasteiger partial charge in [0.2, 0.25) is 0 Å². The molecule has 0 spiro atoms. The van der Waals surface area contributed by atoms with Crippen LogP contribution in [0.3, 0.4) is 0 Å². The number of rotatable bonds is 8. The van der Waals surface area contributed by atoms with Gasteiger partial charge in [-0.1, -0.05) is 5.10 Å². The lowest BCUT2D eigenvalue weighted by Crippen LogP contribution is -2.34. The van der Waals surface area contributed by atoms with Crippen molar-refractivity contribution in [2.24, 2.45) is 18.9 Å². The summed E-state index contributed by atoms with van der Waals surface area (Å²) in [6, 6.07) is 3.27. The smallest absolute Gasteiger partial charge is 0.416 e. The van der Waals surface area contributed by atoms with Crippen LogP contribution in [-0.2, 0) is 53.4 Å². The molecule has 266 valence electrons. The van der Waals surface area contributed by atoms with Gasteiger partial charge in [-0.15, -0.1) is 5.10 Å². The lowest BCUT2D eigenvalue weighted by atomic mass is 9.80. The quantitative estimate of drug-likeness (QED) is 0.180. The van der Waals surface area contributed by atoms with Crippen molar-refractivity contribution in [3.05, 3.63) is 63.2 Å². The van der Waals surface area contributed by atoms with E-state index in [1.807, 2.05) is 0 Å². The summed E-state index contributed by atoms with van der Waals surface area (Å²) < 4.78 is 93.8. The van der Waals surface area contributed by atoms with Crippen molar-refractivity contribution in [1.82, 2.24) is 20.2 Å². The van der Waals surface area contributed by atoms with Gasteiger partial charge in [-0.25, -0.2) is 0 Å². The van der Waals surface area contributed by atoms with Gasteiger partial charge in [0.25, 0.3) is 5.95 Å². The zero-order valence-corrected chi connectivity index (χ0v) is 27.7. The zero-order chi connectivity index (χ0) is 35.1. The second-order valence-electron chi connectivity index (χ2n) is 13.5. The molecule has 49 heavy (non-hydrogen) atoms. The molecule has 3 heterocycles. The maximum atomic E-state index is 13.8. The summed E-state index contributed by atoms with van der Waals surface area (Å²) in [5.41, 5.74) is 2.18. The number of alkyl halides is 6. The third kappa shape index (κ3) is 7.65. The number of aromatic nitrogens is 4. The van der Waals surface area contributed by atoms with Crippen LogP contribution in [-0.4, -0.2) is 46.4 Å². The number of carbonyl (C=O) groups is 1. The number of tetrazole rings is 1. The van der Waals surface area contributed by atoms with Crippen molar-refractivity contribution in [2.45, 2.75) is 90.0 Å². The van der Waals surface area contributed by atoms with Crippen molar-refractivity contribution in [3.8, 4) is 0 Å². The zero-order valence-electron chi connectivity index (χ0n) is 27.7. The Morgan fingerprint density at radius 2 is 1.65 bits per heavy atom. The summed E-state index contributed by atoms with van der Waals surface area (Å²) in [7, 11) is 2.96. The number of hydrogen-bond acceptors (Lipinski definition) is 8. The Balaban J connectivity index is 1.38. The van der Waals surface area contributed by atoms with Gasteiger partial charge in [0.15, 0.2) is 0 Å². The molecular formula is C34H40F6N6O3. The summed E-state index contributed by atoms with van der Waals surface area (Å²) in [6.07, 6.45) is -4.46. The number of methoxy groups -OCH3 is 1. The van der Waals surface area contributed by atoms with Crippen molar-refractivity contribution in [1.29, 1.82) is 0 Å². The SMILES string of the molecule is COC(=O)C[C@H]1CC[C@H](CN2CCC[C@H](N(Cc3cc(C(F)(F)F)cc(C(F)(F)F)c3)c3nnn(C)n3)c3cc4c(c(C)c32)COC4)CC1. The number of ether oxygens (including phenoxy) is 2. The van der Waals surface area contributed by atoms with Crippen LogP contribution in [0, 0.1) is 18.8 Å². The molecule has 3 aliphatic rings. The van der Waals surface area contributed by atoms with Gasteiger partial charge in [-0.2, -0.15) is 31.1 Å². The van der Waals surface area contributed by atoms with Gasteiger partial charge >= 0.3 is 18.3 Å². The predicted octanol–water partition coefficient (Wildman–Crippen LogP) is 7.30. The van der Waals surface area contributed by atoms with Crippen LogP contribution >= 0.6 is 0 Å². The number of nitrogens with zero attached hydrogens (tertiary/aromatic N) is 6. The molecular weight excluding hydrogens is 654 g/mol. The van der Waals surface area contributed by atoms with Crippen LogP contribution in [0.1, 0.15) is 89.9 Å². The number of hydrogen-bond donors (Lipinski definition) is 0. The molecule has 9 nitrogen and oxygen atoms in total.